The molecule has 0 bridgehead atoms. The second-order valence-corrected chi connectivity index (χ2v) is 5.01. The van der Waals surface area contributed by atoms with Gasteiger partial charge in [-0.3, -0.25) is 4.79 Å². The van der Waals surface area contributed by atoms with Gasteiger partial charge in [-0.1, -0.05) is 48.5 Å². The van der Waals surface area contributed by atoms with Gasteiger partial charge < -0.3 is 10.1 Å². The summed E-state index contributed by atoms with van der Waals surface area (Å²) in [5, 5.41) is 3.08. The summed E-state index contributed by atoms with van der Waals surface area (Å²) in [5.74, 6) is 1.05. The van der Waals surface area contributed by atoms with Gasteiger partial charge >= 0.3 is 0 Å². The van der Waals surface area contributed by atoms with Gasteiger partial charge in [0.25, 0.3) is 0 Å². The molecule has 1 saturated heterocycles. The Hall–Kier alpha value is -2.29. The van der Waals surface area contributed by atoms with E-state index in [1.807, 2.05) is 42.5 Å². The number of methoxy groups -OCH3 is 1. The van der Waals surface area contributed by atoms with Gasteiger partial charge in [-0.2, -0.15) is 0 Å². The van der Waals surface area contributed by atoms with E-state index in [0.29, 0.717) is 6.42 Å². The summed E-state index contributed by atoms with van der Waals surface area (Å²) < 4.78 is 5.44. The maximum Gasteiger partial charge on any atom is 0.221 e. The molecule has 102 valence electrons. The third-order valence-electron chi connectivity index (χ3n) is 3.82. The van der Waals surface area contributed by atoms with Crippen LogP contribution in [0.4, 0.5) is 0 Å². The minimum atomic E-state index is 0.0139. The Balaban J connectivity index is 2.00. The molecule has 1 heterocycles. The van der Waals surface area contributed by atoms with E-state index in [-0.39, 0.29) is 17.9 Å². The number of carbonyl (C=O) groups excluding carboxylic acids is 1. The predicted octanol–water partition coefficient (Wildman–Crippen LogP) is 3.04. The van der Waals surface area contributed by atoms with E-state index in [2.05, 4.69) is 17.4 Å². The zero-order valence-corrected chi connectivity index (χ0v) is 11.4. The molecule has 3 heteroatoms. The second-order valence-electron chi connectivity index (χ2n) is 5.01. The monoisotopic (exact) mass is 267 g/mol. The SMILES string of the molecule is COc1ccccc1C1CC(=O)NC1c1ccccc1. The minimum Gasteiger partial charge on any atom is -0.496 e. The quantitative estimate of drug-likeness (QED) is 0.928. The highest BCUT2D eigenvalue weighted by Gasteiger charge is 2.35. The first-order valence-corrected chi connectivity index (χ1v) is 6.77. The van der Waals surface area contributed by atoms with Crippen molar-refractivity contribution in [1.82, 2.24) is 5.32 Å². The number of para-hydroxylation sites is 1. The molecule has 3 rings (SSSR count). The Kier molecular flexibility index (Phi) is 3.42. The van der Waals surface area contributed by atoms with Gasteiger partial charge in [-0.15, -0.1) is 0 Å². The Morgan fingerprint density at radius 2 is 1.75 bits per heavy atom. The molecular weight excluding hydrogens is 250 g/mol. The van der Waals surface area contributed by atoms with Crippen LogP contribution < -0.4 is 10.1 Å². The van der Waals surface area contributed by atoms with Crippen LogP contribution in [0.15, 0.2) is 54.6 Å². The highest BCUT2D eigenvalue weighted by Crippen LogP contribution is 2.41. The number of hydrogen-bond donors (Lipinski definition) is 1. The third kappa shape index (κ3) is 2.27. The fraction of sp³-hybridized carbons (Fsp3) is 0.235. The summed E-state index contributed by atoms with van der Waals surface area (Å²) in [6.07, 6.45) is 0.500. The first-order valence-electron chi connectivity index (χ1n) is 6.77. The summed E-state index contributed by atoms with van der Waals surface area (Å²) in [6, 6.07) is 18.0. The van der Waals surface area contributed by atoms with E-state index in [1.54, 1.807) is 7.11 Å². The zero-order valence-electron chi connectivity index (χ0n) is 11.4. The molecule has 0 spiro atoms. The van der Waals surface area contributed by atoms with Crippen LogP contribution in [0.3, 0.4) is 0 Å². The lowest BCUT2D eigenvalue weighted by Crippen LogP contribution is -2.20. The van der Waals surface area contributed by atoms with Crippen LogP contribution in [-0.4, -0.2) is 13.0 Å². The predicted molar refractivity (Wildman–Crippen MR) is 77.7 cm³/mol. The van der Waals surface area contributed by atoms with Gasteiger partial charge in [0.2, 0.25) is 5.91 Å². The van der Waals surface area contributed by atoms with E-state index in [9.17, 15) is 4.79 Å². The number of amides is 1. The molecule has 1 aliphatic rings. The Morgan fingerprint density at radius 1 is 1.05 bits per heavy atom. The largest absolute Gasteiger partial charge is 0.496 e. The van der Waals surface area contributed by atoms with E-state index in [1.165, 1.54) is 0 Å². The van der Waals surface area contributed by atoms with Crippen LogP contribution in [0, 0.1) is 0 Å². The molecule has 2 atom stereocenters. The van der Waals surface area contributed by atoms with E-state index in [4.69, 9.17) is 4.74 Å². The molecule has 1 fully saturated rings. The maximum absolute atomic E-state index is 11.9. The molecule has 0 aromatic heterocycles. The van der Waals surface area contributed by atoms with Crippen LogP contribution in [0.2, 0.25) is 0 Å². The normalized spacial score (nSPS) is 21.6. The first-order chi connectivity index (χ1) is 9.79. The average Bonchev–Trinajstić information content (AvgIpc) is 2.90. The molecular formula is C17H17NO2. The number of hydrogen-bond acceptors (Lipinski definition) is 2. The van der Waals surface area contributed by atoms with Crippen molar-refractivity contribution in [1.29, 1.82) is 0 Å². The molecule has 1 amide bonds. The van der Waals surface area contributed by atoms with Crippen LogP contribution in [0.25, 0.3) is 0 Å². The second kappa shape index (κ2) is 5.37. The van der Waals surface area contributed by atoms with Crippen molar-refractivity contribution >= 4 is 5.91 Å². The average molecular weight is 267 g/mol. The van der Waals surface area contributed by atoms with E-state index < -0.39 is 0 Å². The van der Waals surface area contributed by atoms with Crippen molar-refractivity contribution in [3.63, 3.8) is 0 Å². The van der Waals surface area contributed by atoms with Crippen molar-refractivity contribution in [2.45, 2.75) is 18.4 Å². The van der Waals surface area contributed by atoms with Crippen LogP contribution in [0.5, 0.6) is 5.75 Å². The molecule has 2 aromatic rings. The molecule has 1 aliphatic heterocycles. The van der Waals surface area contributed by atoms with Gasteiger partial charge in [0.05, 0.1) is 13.2 Å². The van der Waals surface area contributed by atoms with Gasteiger partial charge in [0.1, 0.15) is 5.75 Å². The number of rotatable bonds is 3. The van der Waals surface area contributed by atoms with Crippen molar-refractivity contribution in [2.24, 2.45) is 0 Å². The molecule has 1 N–H and O–H groups in total. The summed E-state index contributed by atoms with van der Waals surface area (Å²) >= 11 is 0. The summed E-state index contributed by atoms with van der Waals surface area (Å²) in [6.45, 7) is 0. The number of nitrogens with one attached hydrogen (secondary N) is 1. The first kappa shape index (κ1) is 12.7. The lowest BCUT2D eigenvalue weighted by molar-refractivity contribution is -0.119. The van der Waals surface area contributed by atoms with Gasteiger partial charge in [-0.25, -0.2) is 0 Å². The Labute approximate surface area is 118 Å². The smallest absolute Gasteiger partial charge is 0.221 e. The summed E-state index contributed by atoms with van der Waals surface area (Å²) in [7, 11) is 1.67. The summed E-state index contributed by atoms with van der Waals surface area (Å²) in [5.41, 5.74) is 2.22. The molecule has 0 radical (unpaired) electrons. The van der Waals surface area contributed by atoms with E-state index >= 15 is 0 Å². The fourth-order valence-corrected chi connectivity index (χ4v) is 2.89. The molecule has 2 unspecified atom stereocenters. The molecule has 20 heavy (non-hydrogen) atoms. The molecule has 0 saturated carbocycles. The molecule has 2 aromatic carbocycles. The highest BCUT2D eigenvalue weighted by molar-refractivity contribution is 5.81. The van der Waals surface area contributed by atoms with Crippen molar-refractivity contribution < 1.29 is 9.53 Å². The Morgan fingerprint density at radius 3 is 2.50 bits per heavy atom. The van der Waals surface area contributed by atoms with Gasteiger partial charge in [0.15, 0.2) is 0 Å². The minimum absolute atomic E-state index is 0.0139. The van der Waals surface area contributed by atoms with Gasteiger partial charge in [0, 0.05) is 17.9 Å². The standard InChI is InChI=1S/C17H17NO2/c1-20-15-10-6-5-9-13(15)14-11-16(19)18-17(14)12-7-3-2-4-8-12/h2-10,14,17H,11H2,1H3,(H,18,19). The molecule has 3 nitrogen and oxygen atoms in total. The Bertz CT molecular complexity index is 609. The van der Waals surface area contributed by atoms with E-state index in [0.717, 1.165) is 16.9 Å². The topological polar surface area (TPSA) is 38.3 Å². The third-order valence-corrected chi connectivity index (χ3v) is 3.82. The lowest BCUT2D eigenvalue weighted by atomic mass is 9.87. The van der Waals surface area contributed by atoms with Crippen molar-refractivity contribution in [2.75, 3.05) is 7.11 Å². The van der Waals surface area contributed by atoms with Gasteiger partial charge in [-0.05, 0) is 11.6 Å². The number of benzene rings is 2. The van der Waals surface area contributed by atoms with Crippen LogP contribution >= 0.6 is 0 Å². The highest BCUT2D eigenvalue weighted by atomic mass is 16.5. The summed E-state index contributed by atoms with van der Waals surface area (Å²) in [4.78, 5) is 11.9. The zero-order chi connectivity index (χ0) is 13.9. The molecule has 0 aliphatic carbocycles. The van der Waals surface area contributed by atoms with Crippen molar-refractivity contribution in [3.05, 3.63) is 65.7 Å². The maximum atomic E-state index is 11.9. The van der Waals surface area contributed by atoms with Crippen LogP contribution in [-0.2, 0) is 4.79 Å². The fourth-order valence-electron chi connectivity index (χ4n) is 2.89. The van der Waals surface area contributed by atoms with Crippen molar-refractivity contribution in [3.8, 4) is 5.75 Å². The number of ether oxygens (including phenoxy) is 1. The van der Waals surface area contributed by atoms with Crippen LogP contribution in [0.1, 0.15) is 29.5 Å². The number of carbonyl (C=O) groups is 1. The lowest BCUT2D eigenvalue weighted by Gasteiger charge is -2.21.